The van der Waals surface area contributed by atoms with E-state index < -0.39 is 0 Å². The highest BCUT2D eigenvalue weighted by Gasteiger charge is 2.38. The quantitative estimate of drug-likeness (QED) is 0.504. The van der Waals surface area contributed by atoms with Gasteiger partial charge in [0.1, 0.15) is 0 Å². The van der Waals surface area contributed by atoms with Crippen LogP contribution in [0.4, 0.5) is 0 Å². The van der Waals surface area contributed by atoms with E-state index >= 15 is 0 Å². The molecule has 0 fully saturated rings. The summed E-state index contributed by atoms with van der Waals surface area (Å²) in [7, 11) is 0. The monoisotopic (exact) mass is 220 g/mol. The molecule has 1 aliphatic carbocycles. The van der Waals surface area contributed by atoms with E-state index in [0.29, 0.717) is 11.8 Å². The lowest BCUT2D eigenvalue weighted by molar-refractivity contribution is -0.112. The van der Waals surface area contributed by atoms with E-state index in [1.54, 1.807) is 13.0 Å². The van der Waals surface area contributed by atoms with Gasteiger partial charge >= 0.3 is 0 Å². The van der Waals surface area contributed by atoms with Gasteiger partial charge in [0.25, 0.3) is 0 Å². The van der Waals surface area contributed by atoms with Crippen molar-refractivity contribution < 1.29 is 4.79 Å². The van der Waals surface area contributed by atoms with Crippen molar-refractivity contribution >= 4 is 5.78 Å². The molecule has 0 bridgehead atoms. The minimum absolute atomic E-state index is 0.152. The van der Waals surface area contributed by atoms with Crippen LogP contribution in [0.15, 0.2) is 23.3 Å². The molecule has 0 aromatic rings. The van der Waals surface area contributed by atoms with Crippen LogP contribution in [-0.4, -0.2) is 5.78 Å². The Labute approximate surface area is 99.6 Å². The molecule has 0 amide bonds. The Balaban J connectivity index is 3.13. The molecule has 0 aromatic carbocycles. The zero-order valence-electron chi connectivity index (χ0n) is 11.4. The number of carbonyl (C=O) groups excluding carboxylic acids is 1. The molecular weight excluding hydrogens is 196 g/mol. The van der Waals surface area contributed by atoms with Crippen molar-refractivity contribution in [2.75, 3.05) is 0 Å². The molecule has 0 spiro atoms. The first-order valence-electron chi connectivity index (χ1n) is 6.12. The van der Waals surface area contributed by atoms with Gasteiger partial charge in [-0.15, -0.1) is 0 Å². The molecule has 2 atom stereocenters. The second-order valence-corrected chi connectivity index (χ2v) is 5.84. The fourth-order valence-corrected chi connectivity index (χ4v) is 3.01. The molecule has 1 aliphatic rings. The second-order valence-electron chi connectivity index (χ2n) is 5.84. The highest BCUT2D eigenvalue weighted by molar-refractivity contribution is 5.88. The van der Waals surface area contributed by atoms with Crippen molar-refractivity contribution in [3.8, 4) is 0 Å². The largest absolute Gasteiger partial charge is 0.295 e. The molecule has 16 heavy (non-hydrogen) atoms. The maximum absolute atomic E-state index is 11.2. The van der Waals surface area contributed by atoms with Crippen LogP contribution in [0.1, 0.15) is 48.0 Å². The van der Waals surface area contributed by atoms with E-state index in [0.717, 1.165) is 6.42 Å². The molecule has 90 valence electrons. The van der Waals surface area contributed by atoms with Gasteiger partial charge in [0.2, 0.25) is 0 Å². The number of carbonyl (C=O) groups is 1. The highest BCUT2D eigenvalue weighted by atomic mass is 16.1. The maximum Gasteiger partial charge on any atom is 0.152 e. The van der Waals surface area contributed by atoms with E-state index in [-0.39, 0.29) is 11.2 Å². The summed E-state index contributed by atoms with van der Waals surface area (Å²) in [5.41, 5.74) is 2.87. The van der Waals surface area contributed by atoms with Gasteiger partial charge < -0.3 is 0 Å². The third-order valence-electron chi connectivity index (χ3n) is 4.15. The number of allylic oxidation sites excluding steroid dienone is 4. The van der Waals surface area contributed by atoms with Crippen LogP contribution >= 0.6 is 0 Å². The summed E-state index contributed by atoms with van der Waals surface area (Å²) in [4.78, 5) is 11.2. The van der Waals surface area contributed by atoms with Crippen LogP contribution < -0.4 is 0 Å². The molecule has 2 unspecified atom stereocenters. The first kappa shape index (κ1) is 13.2. The summed E-state index contributed by atoms with van der Waals surface area (Å²) in [6, 6.07) is 0. The van der Waals surface area contributed by atoms with E-state index in [2.05, 4.69) is 40.7 Å². The summed E-state index contributed by atoms with van der Waals surface area (Å²) >= 11 is 0. The second kappa shape index (κ2) is 4.57. The fraction of sp³-hybridized carbons (Fsp3) is 0.667. The SMILES string of the molecule is CC(=O)C=C(C)C1C(C)=CCC(C)C1(C)C. The summed E-state index contributed by atoms with van der Waals surface area (Å²) in [6.45, 7) is 12.8. The number of ketones is 1. The van der Waals surface area contributed by atoms with Crippen LogP contribution in [0, 0.1) is 17.3 Å². The Morgan fingerprint density at radius 1 is 1.44 bits per heavy atom. The molecule has 0 N–H and O–H groups in total. The average molecular weight is 220 g/mol. The van der Waals surface area contributed by atoms with E-state index in [4.69, 9.17) is 0 Å². The highest BCUT2D eigenvalue weighted by Crippen LogP contribution is 2.47. The van der Waals surface area contributed by atoms with Gasteiger partial charge in [-0.3, -0.25) is 4.79 Å². The summed E-state index contributed by atoms with van der Waals surface area (Å²) in [5, 5.41) is 0. The first-order valence-corrected chi connectivity index (χ1v) is 6.12. The van der Waals surface area contributed by atoms with Crippen molar-refractivity contribution in [3.05, 3.63) is 23.3 Å². The predicted molar refractivity (Wildman–Crippen MR) is 69.2 cm³/mol. The maximum atomic E-state index is 11.2. The molecule has 0 heterocycles. The Morgan fingerprint density at radius 3 is 2.50 bits per heavy atom. The molecule has 0 aliphatic heterocycles. The van der Waals surface area contributed by atoms with E-state index in [9.17, 15) is 4.79 Å². The third kappa shape index (κ3) is 2.45. The minimum Gasteiger partial charge on any atom is -0.295 e. The zero-order chi connectivity index (χ0) is 12.5. The smallest absolute Gasteiger partial charge is 0.152 e. The lowest BCUT2D eigenvalue weighted by Crippen LogP contribution is -2.35. The molecule has 0 saturated carbocycles. The molecule has 1 rings (SSSR count). The predicted octanol–water partition coefficient (Wildman–Crippen LogP) is 4.15. The topological polar surface area (TPSA) is 17.1 Å². The number of hydrogen-bond acceptors (Lipinski definition) is 1. The summed E-state index contributed by atoms with van der Waals surface area (Å²) < 4.78 is 0. The zero-order valence-corrected chi connectivity index (χ0v) is 11.4. The van der Waals surface area contributed by atoms with Crippen LogP contribution in [0.2, 0.25) is 0 Å². The van der Waals surface area contributed by atoms with Gasteiger partial charge in [0.15, 0.2) is 5.78 Å². The Hall–Kier alpha value is -0.850. The van der Waals surface area contributed by atoms with Crippen LogP contribution in [-0.2, 0) is 4.79 Å². The van der Waals surface area contributed by atoms with Crippen LogP contribution in [0.3, 0.4) is 0 Å². The van der Waals surface area contributed by atoms with Crippen molar-refractivity contribution in [1.29, 1.82) is 0 Å². The molecular formula is C15H24O. The number of rotatable bonds is 2. The first-order chi connectivity index (χ1) is 7.26. The normalized spacial score (nSPS) is 29.9. The van der Waals surface area contributed by atoms with Crippen LogP contribution in [0.5, 0.6) is 0 Å². The summed E-state index contributed by atoms with van der Waals surface area (Å²) in [6.07, 6.45) is 5.28. The molecule has 1 nitrogen and oxygen atoms in total. The average Bonchev–Trinajstić information content (AvgIpc) is 2.10. The standard InChI is InChI=1S/C15H24O/c1-10-7-8-12(3)15(5,6)14(10)11(2)9-13(4)16/h7,9,12,14H,8H2,1-6H3. The molecule has 0 aromatic heterocycles. The van der Waals surface area contributed by atoms with Crippen molar-refractivity contribution in [2.45, 2.75) is 48.0 Å². The minimum atomic E-state index is 0.152. The van der Waals surface area contributed by atoms with Gasteiger partial charge in [0.05, 0.1) is 0 Å². The van der Waals surface area contributed by atoms with E-state index in [1.165, 1.54) is 11.1 Å². The Bertz CT molecular complexity index is 344. The van der Waals surface area contributed by atoms with Gasteiger partial charge in [-0.05, 0) is 44.6 Å². The molecule has 1 heteroatoms. The molecule has 0 radical (unpaired) electrons. The van der Waals surface area contributed by atoms with Gasteiger partial charge in [-0.25, -0.2) is 0 Å². The Morgan fingerprint density at radius 2 is 2.00 bits per heavy atom. The van der Waals surface area contributed by atoms with Gasteiger partial charge in [-0.1, -0.05) is 38.0 Å². The fourth-order valence-electron chi connectivity index (χ4n) is 3.01. The lowest BCUT2D eigenvalue weighted by atomic mass is 9.61. The van der Waals surface area contributed by atoms with Crippen molar-refractivity contribution in [3.63, 3.8) is 0 Å². The molecule has 0 saturated heterocycles. The lowest BCUT2D eigenvalue weighted by Gasteiger charge is -2.44. The van der Waals surface area contributed by atoms with Gasteiger partial charge in [0, 0.05) is 5.92 Å². The Kier molecular flexibility index (Phi) is 3.77. The van der Waals surface area contributed by atoms with Crippen LogP contribution in [0.25, 0.3) is 0 Å². The van der Waals surface area contributed by atoms with E-state index in [1.807, 2.05) is 0 Å². The number of hydrogen-bond donors (Lipinski definition) is 0. The summed E-state index contributed by atoms with van der Waals surface area (Å²) in [5.74, 6) is 1.23. The van der Waals surface area contributed by atoms with Crippen molar-refractivity contribution in [1.82, 2.24) is 0 Å². The van der Waals surface area contributed by atoms with Crippen molar-refractivity contribution in [2.24, 2.45) is 17.3 Å². The van der Waals surface area contributed by atoms with Gasteiger partial charge in [-0.2, -0.15) is 0 Å². The third-order valence-corrected chi connectivity index (χ3v) is 4.15.